The van der Waals surface area contributed by atoms with Crippen LogP contribution in [0.15, 0.2) is 38.6 Å². The molecular formula is C14H13BrO4S. The van der Waals surface area contributed by atoms with Crippen molar-refractivity contribution in [3.8, 4) is 0 Å². The molecule has 0 saturated carbocycles. The summed E-state index contributed by atoms with van der Waals surface area (Å²) in [6, 6.07) is 6.19. The molecule has 20 heavy (non-hydrogen) atoms. The minimum Gasteiger partial charge on any atom is -0.461 e. The smallest absolute Gasteiger partial charge is 0.338 e. The number of halogens is 1. The Balaban J connectivity index is 2.39. The second kappa shape index (κ2) is 6.95. The zero-order valence-electron chi connectivity index (χ0n) is 10.8. The third kappa shape index (κ3) is 3.43. The number of rotatable bonds is 5. The van der Waals surface area contributed by atoms with E-state index >= 15 is 0 Å². The molecule has 0 N–H and O–H groups in total. The maximum absolute atomic E-state index is 12.0. The number of carbonyl (C=O) groups is 1. The van der Waals surface area contributed by atoms with Gasteiger partial charge in [0.25, 0.3) is 0 Å². The quantitative estimate of drug-likeness (QED) is 0.466. The van der Waals surface area contributed by atoms with E-state index in [1.807, 2.05) is 6.92 Å². The summed E-state index contributed by atoms with van der Waals surface area (Å²) < 4.78 is 10.6. The average molecular weight is 357 g/mol. The minimum absolute atomic E-state index is 0.155. The number of ether oxygens (including phenoxy) is 1. The Kier molecular flexibility index (Phi) is 5.25. The number of benzene rings is 1. The number of carbonyl (C=O) groups excluding carboxylic acids is 1. The molecule has 0 amide bonds. The number of hydrogen-bond acceptors (Lipinski definition) is 5. The van der Waals surface area contributed by atoms with Gasteiger partial charge >= 0.3 is 5.97 Å². The highest BCUT2D eigenvalue weighted by atomic mass is 79.9. The summed E-state index contributed by atoms with van der Waals surface area (Å²) in [5, 5.41) is 1.55. The van der Waals surface area contributed by atoms with Crippen LogP contribution in [0.5, 0.6) is 0 Å². The maximum atomic E-state index is 12.0. The number of fused-ring (bicyclic) bond motifs is 1. The van der Waals surface area contributed by atoms with Crippen LogP contribution < -0.4 is 5.43 Å². The van der Waals surface area contributed by atoms with E-state index in [0.717, 1.165) is 5.75 Å². The van der Waals surface area contributed by atoms with Gasteiger partial charge in [0.2, 0.25) is 0 Å². The van der Waals surface area contributed by atoms with Crippen LogP contribution in [0.4, 0.5) is 0 Å². The Labute approximate surface area is 128 Å². The molecule has 0 unspecified atom stereocenters. The van der Waals surface area contributed by atoms with Crippen LogP contribution in [-0.2, 0) is 4.74 Å². The standard InChI is InChI=1S/C14H13BrO4S/c1-2-20-13-8-11(16)10-7-9(3-4-12(10)19-13)14(17)18-6-5-15/h3-4,7-8H,2,5-6H2,1H3. The molecule has 0 saturated heterocycles. The second-order valence-corrected chi connectivity index (χ2v) is 5.96. The van der Waals surface area contributed by atoms with Crippen LogP contribution in [0.25, 0.3) is 11.0 Å². The van der Waals surface area contributed by atoms with Crippen LogP contribution in [0, 0.1) is 0 Å². The third-order valence-corrected chi connectivity index (χ3v) is 3.64. The summed E-state index contributed by atoms with van der Waals surface area (Å²) in [6.45, 7) is 2.27. The van der Waals surface area contributed by atoms with Crippen molar-refractivity contribution >= 4 is 44.6 Å². The SMILES string of the molecule is CCSc1cc(=O)c2cc(C(=O)OCCBr)ccc2o1. The van der Waals surface area contributed by atoms with Gasteiger partial charge in [-0.15, -0.1) is 0 Å². The average Bonchev–Trinajstić information content (AvgIpc) is 2.45. The topological polar surface area (TPSA) is 56.5 Å². The van der Waals surface area contributed by atoms with Gasteiger partial charge in [-0.05, 0) is 24.0 Å². The minimum atomic E-state index is -0.447. The van der Waals surface area contributed by atoms with Gasteiger partial charge in [-0.25, -0.2) is 4.79 Å². The monoisotopic (exact) mass is 356 g/mol. The lowest BCUT2D eigenvalue weighted by molar-refractivity contribution is 0.0531. The van der Waals surface area contributed by atoms with Crippen molar-refractivity contribution in [1.29, 1.82) is 0 Å². The molecule has 0 aliphatic heterocycles. The number of thioether (sulfide) groups is 1. The Morgan fingerprint density at radius 1 is 1.40 bits per heavy atom. The van der Waals surface area contributed by atoms with Crippen molar-refractivity contribution in [2.24, 2.45) is 0 Å². The van der Waals surface area contributed by atoms with Gasteiger partial charge in [0.1, 0.15) is 12.2 Å². The molecule has 106 valence electrons. The molecule has 6 heteroatoms. The van der Waals surface area contributed by atoms with Crippen molar-refractivity contribution in [2.45, 2.75) is 12.0 Å². The van der Waals surface area contributed by atoms with Crippen LogP contribution >= 0.6 is 27.7 Å². The van der Waals surface area contributed by atoms with Gasteiger partial charge in [-0.1, -0.05) is 34.6 Å². The molecule has 0 aliphatic rings. The van der Waals surface area contributed by atoms with E-state index in [1.54, 1.807) is 12.1 Å². The first-order chi connectivity index (χ1) is 9.65. The van der Waals surface area contributed by atoms with E-state index in [-0.39, 0.29) is 12.0 Å². The largest absolute Gasteiger partial charge is 0.461 e. The fourth-order valence-corrected chi connectivity index (χ4v) is 2.47. The fraction of sp³-hybridized carbons (Fsp3) is 0.286. The Morgan fingerprint density at radius 3 is 2.90 bits per heavy atom. The number of hydrogen-bond donors (Lipinski definition) is 0. The van der Waals surface area contributed by atoms with E-state index in [4.69, 9.17) is 9.15 Å². The summed E-state index contributed by atoms with van der Waals surface area (Å²) >= 11 is 4.64. The highest BCUT2D eigenvalue weighted by Gasteiger charge is 2.11. The molecule has 1 heterocycles. The summed E-state index contributed by atoms with van der Waals surface area (Å²) in [4.78, 5) is 23.8. The van der Waals surface area contributed by atoms with Crippen LogP contribution in [-0.4, -0.2) is 23.7 Å². The Morgan fingerprint density at radius 2 is 2.20 bits per heavy atom. The lowest BCUT2D eigenvalue weighted by Crippen LogP contribution is -2.08. The normalized spacial score (nSPS) is 10.7. The van der Waals surface area contributed by atoms with E-state index in [0.29, 0.717) is 27.0 Å². The highest BCUT2D eigenvalue weighted by molar-refractivity contribution is 9.09. The van der Waals surface area contributed by atoms with Gasteiger partial charge < -0.3 is 9.15 Å². The molecule has 0 aliphatic carbocycles. The van der Waals surface area contributed by atoms with Gasteiger partial charge in [-0.2, -0.15) is 0 Å². The van der Waals surface area contributed by atoms with Crippen LogP contribution in [0.1, 0.15) is 17.3 Å². The van der Waals surface area contributed by atoms with Gasteiger partial charge in [0, 0.05) is 11.4 Å². The predicted molar refractivity (Wildman–Crippen MR) is 83.0 cm³/mol. The second-order valence-electron chi connectivity index (χ2n) is 3.90. The summed E-state index contributed by atoms with van der Waals surface area (Å²) in [5.41, 5.74) is 0.671. The summed E-state index contributed by atoms with van der Waals surface area (Å²) in [6.07, 6.45) is 0. The maximum Gasteiger partial charge on any atom is 0.338 e. The third-order valence-electron chi connectivity index (χ3n) is 2.54. The molecule has 4 nitrogen and oxygen atoms in total. The summed E-state index contributed by atoms with van der Waals surface area (Å²) in [5.74, 6) is 0.378. The van der Waals surface area contributed by atoms with E-state index in [1.165, 1.54) is 23.9 Å². The zero-order chi connectivity index (χ0) is 14.5. The zero-order valence-corrected chi connectivity index (χ0v) is 13.3. The molecular weight excluding hydrogens is 344 g/mol. The van der Waals surface area contributed by atoms with E-state index in [9.17, 15) is 9.59 Å². The first-order valence-electron chi connectivity index (χ1n) is 6.09. The van der Waals surface area contributed by atoms with E-state index in [2.05, 4.69) is 15.9 Å². The molecule has 2 aromatic rings. The molecule has 1 aromatic carbocycles. The molecule has 0 spiro atoms. The molecule has 2 rings (SSSR count). The molecule has 0 radical (unpaired) electrons. The number of alkyl halides is 1. The molecule has 0 bridgehead atoms. The van der Waals surface area contributed by atoms with Gasteiger partial charge in [0.05, 0.1) is 10.9 Å². The van der Waals surface area contributed by atoms with Crippen LogP contribution in [0.2, 0.25) is 0 Å². The Bertz CT molecular complexity index is 680. The van der Waals surface area contributed by atoms with Crippen molar-refractivity contribution in [2.75, 3.05) is 17.7 Å². The molecule has 0 fully saturated rings. The molecule has 1 aromatic heterocycles. The first kappa shape index (κ1) is 15.1. The molecule has 0 atom stereocenters. The van der Waals surface area contributed by atoms with Crippen molar-refractivity contribution in [1.82, 2.24) is 0 Å². The Hall–Kier alpha value is -1.27. The number of esters is 1. The van der Waals surface area contributed by atoms with Crippen LogP contribution in [0.3, 0.4) is 0 Å². The lowest BCUT2D eigenvalue weighted by Gasteiger charge is -2.05. The van der Waals surface area contributed by atoms with E-state index < -0.39 is 5.97 Å². The summed E-state index contributed by atoms with van der Waals surface area (Å²) in [7, 11) is 0. The fourth-order valence-electron chi connectivity index (χ4n) is 1.69. The highest BCUT2D eigenvalue weighted by Crippen LogP contribution is 2.21. The van der Waals surface area contributed by atoms with Crippen molar-refractivity contribution in [3.05, 3.63) is 40.1 Å². The van der Waals surface area contributed by atoms with Crippen molar-refractivity contribution in [3.63, 3.8) is 0 Å². The van der Waals surface area contributed by atoms with Gasteiger partial charge in [-0.3, -0.25) is 4.79 Å². The van der Waals surface area contributed by atoms with Gasteiger partial charge in [0.15, 0.2) is 10.5 Å². The predicted octanol–water partition coefficient (Wildman–Crippen LogP) is 3.46. The first-order valence-corrected chi connectivity index (χ1v) is 8.20. The van der Waals surface area contributed by atoms with Crippen molar-refractivity contribution < 1.29 is 13.9 Å². The lowest BCUT2D eigenvalue weighted by atomic mass is 10.1.